The first-order valence-corrected chi connectivity index (χ1v) is 13.5. The van der Waals surface area contributed by atoms with E-state index in [1.165, 1.54) is 4.90 Å². The number of para-hydroxylation sites is 1. The first-order valence-electron chi connectivity index (χ1n) is 13.5. The molecule has 0 saturated carbocycles. The quantitative estimate of drug-likeness (QED) is 0.313. The highest BCUT2D eigenvalue weighted by molar-refractivity contribution is 6.20. The third kappa shape index (κ3) is 6.30. The molecule has 4 aromatic rings. The smallest absolute Gasteiger partial charge is 0.286 e. The van der Waals surface area contributed by atoms with Crippen molar-refractivity contribution in [2.45, 2.75) is 33.2 Å². The van der Waals surface area contributed by atoms with E-state index in [1.54, 1.807) is 6.07 Å². The number of nitrogens with one attached hydrogen (secondary N) is 1. The largest absolute Gasteiger partial charge is 0.418 e. The van der Waals surface area contributed by atoms with E-state index in [4.69, 9.17) is 4.42 Å². The molecule has 1 unspecified atom stereocenters. The van der Waals surface area contributed by atoms with Gasteiger partial charge in [-0.1, -0.05) is 92.2 Å². The summed E-state index contributed by atoms with van der Waals surface area (Å²) in [4.78, 5) is 45.8. The molecule has 2 amide bonds. The molecular weight excluding hydrogens is 518 g/mol. The van der Waals surface area contributed by atoms with Crippen LogP contribution in [0.25, 0.3) is 0 Å². The van der Waals surface area contributed by atoms with Crippen LogP contribution in [0.3, 0.4) is 0 Å². The van der Waals surface area contributed by atoms with Crippen molar-refractivity contribution in [2.24, 2.45) is 10.9 Å². The van der Waals surface area contributed by atoms with Gasteiger partial charge in [-0.25, -0.2) is 0 Å². The number of Topliss-reactive ketones (excluding diaryl/α,β-unsaturated/α-hetero) is 1. The Kier molecular flexibility index (Phi) is 8.14. The highest BCUT2D eigenvalue weighted by atomic mass is 16.4. The van der Waals surface area contributed by atoms with Crippen molar-refractivity contribution in [1.29, 1.82) is 0 Å². The highest BCUT2D eigenvalue weighted by Crippen LogP contribution is 2.27. The highest BCUT2D eigenvalue weighted by Gasteiger charge is 2.32. The number of anilines is 1. The lowest BCUT2D eigenvalue weighted by Crippen LogP contribution is -2.49. The third-order valence-corrected chi connectivity index (χ3v) is 6.85. The number of rotatable bonds is 9. The molecular formula is C32H31N5O4. The number of hydrogen-bond donors (Lipinski definition) is 1. The fourth-order valence-electron chi connectivity index (χ4n) is 4.83. The number of carbonyl (C=O) groups excluding carboxylic acids is 3. The maximum absolute atomic E-state index is 13.3. The molecule has 2 heterocycles. The van der Waals surface area contributed by atoms with Gasteiger partial charge in [-0.15, -0.1) is 10.2 Å². The zero-order valence-corrected chi connectivity index (χ0v) is 23.2. The van der Waals surface area contributed by atoms with E-state index in [0.29, 0.717) is 23.7 Å². The minimum atomic E-state index is -0.914. The molecule has 1 atom stereocenters. The molecule has 0 aliphatic carbocycles. The zero-order chi connectivity index (χ0) is 28.9. The molecule has 1 aliphatic heterocycles. The predicted octanol–water partition coefficient (Wildman–Crippen LogP) is 4.18. The molecule has 1 aliphatic rings. The Morgan fingerprint density at radius 2 is 1.73 bits per heavy atom. The van der Waals surface area contributed by atoms with Gasteiger partial charge in [0, 0.05) is 11.1 Å². The van der Waals surface area contributed by atoms with Gasteiger partial charge in [0.05, 0.1) is 23.9 Å². The molecule has 9 heteroatoms. The lowest BCUT2D eigenvalue weighted by molar-refractivity contribution is -0.123. The van der Waals surface area contributed by atoms with Gasteiger partial charge < -0.3 is 14.6 Å². The lowest BCUT2D eigenvalue weighted by Gasteiger charge is -2.25. The van der Waals surface area contributed by atoms with Gasteiger partial charge in [0.2, 0.25) is 23.5 Å². The Bertz CT molecular complexity index is 1610. The minimum Gasteiger partial charge on any atom is -0.418 e. The molecule has 3 aromatic carbocycles. The summed E-state index contributed by atoms with van der Waals surface area (Å²) in [7, 11) is 0. The Morgan fingerprint density at radius 3 is 2.49 bits per heavy atom. The summed E-state index contributed by atoms with van der Waals surface area (Å²) in [5, 5.41) is 10.8. The number of aromatic nitrogens is 2. The molecule has 9 nitrogen and oxygen atoms in total. The van der Waals surface area contributed by atoms with E-state index in [-0.39, 0.29) is 30.8 Å². The fourth-order valence-corrected chi connectivity index (χ4v) is 4.83. The normalized spacial score (nSPS) is 13.8. The van der Waals surface area contributed by atoms with Crippen molar-refractivity contribution < 1.29 is 18.8 Å². The molecule has 41 heavy (non-hydrogen) atoms. The number of hydrogen-bond acceptors (Lipinski definition) is 7. The Hall–Kier alpha value is -4.92. The van der Waals surface area contributed by atoms with Crippen molar-refractivity contribution in [1.82, 2.24) is 15.5 Å². The van der Waals surface area contributed by atoms with Gasteiger partial charge in [0.15, 0.2) is 0 Å². The van der Waals surface area contributed by atoms with Crippen LogP contribution in [0.2, 0.25) is 0 Å². The number of aliphatic imine (C=N–C) groups is 1. The molecule has 1 aromatic heterocycles. The van der Waals surface area contributed by atoms with Gasteiger partial charge in [0.25, 0.3) is 5.89 Å². The van der Waals surface area contributed by atoms with E-state index < -0.39 is 17.7 Å². The summed E-state index contributed by atoms with van der Waals surface area (Å²) in [6, 6.07) is 24.0. The molecule has 1 N–H and O–H groups in total. The maximum atomic E-state index is 13.3. The van der Waals surface area contributed by atoms with Crippen LogP contribution in [-0.4, -0.2) is 52.6 Å². The third-order valence-electron chi connectivity index (χ3n) is 6.85. The number of benzodiazepines with no additional fused rings is 1. The van der Waals surface area contributed by atoms with Crippen LogP contribution in [-0.2, 0) is 16.0 Å². The van der Waals surface area contributed by atoms with E-state index in [1.807, 2.05) is 93.6 Å². The number of fused-ring (bicyclic) bond motifs is 1. The summed E-state index contributed by atoms with van der Waals surface area (Å²) >= 11 is 0. The monoisotopic (exact) mass is 549 g/mol. The van der Waals surface area contributed by atoms with Gasteiger partial charge in [-0.2, -0.15) is 0 Å². The number of benzene rings is 3. The summed E-state index contributed by atoms with van der Waals surface area (Å²) in [6.07, 6.45) is 0.393. The van der Waals surface area contributed by atoms with Crippen LogP contribution in [0.15, 0.2) is 88.3 Å². The van der Waals surface area contributed by atoms with Gasteiger partial charge in [0.1, 0.15) is 13.1 Å². The van der Waals surface area contributed by atoms with E-state index in [2.05, 4.69) is 20.5 Å². The molecule has 0 saturated heterocycles. The minimum absolute atomic E-state index is 0.107. The van der Waals surface area contributed by atoms with Crippen molar-refractivity contribution in [3.05, 3.63) is 113 Å². The topological polar surface area (TPSA) is 118 Å². The van der Waals surface area contributed by atoms with Crippen LogP contribution in [0, 0.1) is 12.8 Å². The Balaban J connectivity index is 1.32. The summed E-state index contributed by atoms with van der Waals surface area (Å²) < 4.78 is 5.68. The Morgan fingerprint density at radius 1 is 0.976 bits per heavy atom. The average molecular weight is 550 g/mol. The van der Waals surface area contributed by atoms with Crippen LogP contribution in [0.4, 0.5) is 5.69 Å². The summed E-state index contributed by atoms with van der Waals surface area (Å²) in [5.41, 5.74) is 4.99. The number of ketones is 1. The van der Waals surface area contributed by atoms with E-state index in [0.717, 1.165) is 22.3 Å². The number of carbonyl (C=O) groups is 3. The summed E-state index contributed by atoms with van der Waals surface area (Å²) in [6.45, 7) is 5.25. The van der Waals surface area contributed by atoms with Gasteiger partial charge in [-0.3, -0.25) is 19.4 Å². The van der Waals surface area contributed by atoms with E-state index in [9.17, 15) is 14.4 Å². The lowest BCUT2D eigenvalue weighted by atomic mass is 9.99. The molecule has 0 bridgehead atoms. The molecule has 5 rings (SSSR count). The molecule has 0 spiro atoms. The van der Waals surface area contributed by atoms with E-state index >= 15 is 0 Å². The Labute approximate surface area is 238 Å². The number of aryl methyl sites for hydroxylation is 1. The zero-order valence-electron chi connectivity index (χ0n) is 23.2. The van der Waals surface area contributed by atoms with Crippen molar-refractivity contribution in [3.8, 4) is 0 Å². The first kappa shape index (κ1) is 27.6. The van der Waals surface area contributed by atoms with Crippen LogP contribution in [0.1, 0.15) is 52.7 Å². The van der Waals surface area contributed by atoms with Gasteiger partial charge >= 0.3 is 0 Å². The second-order valence-electron chi connectivity index (χ2n) is 10.3. The first-order chi connectivity index (χ1) is 19.8. The number of nitrogens with zero attached hydrogens (tertiary/aromatic N) is 4. The predicted molar refractivity (Wildman–Crippen MR) is 155 cm³/mol. The second-order valence-corrected chi connectivity index (χ2v) is 10.3. The molecule has 0 fully saturated rings. The fraction of sp³-hybridized carbons (Fsp3) is 0.250. The van der Waals surface area contributed by atoms with Crippen LogP contribution in [0.5, 0.6) is 0 Å². The van der Waals surface area contributed by atoms with Crippen LogP contribution < -0.4 is 10.2 Å². The standard InChI is InChI=1S/C32H31N5O4/c1-20(2)29(31(40)32-36-35-27(41-32)17-22-11-9-10-21(3)16-22)34-26(38)19-37-25-15-8-7-14-24(25)30(33-18-28(37)39)23-12-5-4-6-13-23/h4-16,20,29H,17-19H2,1-3H3,(H,34,38). The second kappa shape index (κ2) is 12.1. The van der Waals surface area contributed by atoms with Gasteiger partial charge in [-0.05, 0) is 24.5 Å². The average Bonchev–Trinajstić information content (AvgIpc) is 3.38. The number of amides is 2. The maximum Gasteiger partial charge on any atom is 0.286 e. The SMILES string of the molecule is Cc1cccc(Cc2nnc(C(=O)C(NC(=O)CN3C(=O)CN=C(c4ccccc4)c4ccccc43)C(C)C)o2)c1. The van der Waals surface area contributed by atoms with Crippen molar-refractivity contribution in [2.75, 3.05) is 18.0 Å². The van der Waals surface area contributed by atoms with Crippen molar-refractivity contribution in [3.63, 3.8) is 0 Å². The molecule has 208 valence electrons. The summed E-state index contributed by atoms with van der Waals surface area (Å²) in [5.74, 6) is -1.39. The van der Waals surface area contributed by atoms with Crippen LogP contribution >= 0.6 is 0 Å². The van der Waals surface area contributed by atoms with Crippen molar-refractivity contribution >= 4 is 29.0 Å². The molecule has 0 radical (unpaired) electrons.